The fourth-order valence-electron chi connectivity index (χ4n) is 9.59. The van der Waals surface area contributed by atoms with Crippen LogP contribution in [0.2, 0.25) is 0 Å². The molecule has 1 heterocycles. The Bertz CT molecular complexity index is 3550. The number of hydrogen-bond acceptors (Lipinski definition) is 1. The lowest BCUT2D eigenvalue weighted by molar-refractivity contribution is 0.986. The number of benzene rings is 10. The van der Waals surface area contributed by atoms with Crippen molar-refractivity contribution >= 4 is 88.4 Å². The Balaban J connectivity index is 1.12. The van der Waals surface area contributed by atoms with Crippen LogP contribution in [0.25, 0.3) is 98.9 Å². The summed E-state index contributed by atoms with van der Waals surface area (Å²) in [4.78, 5) is 2.57. The highest BCUT2D eigenvalue weighted by Crippen LogP contribution is 2.47. The van der Waals surface area contributed by atoms with E-state index < -0.39 is 0 Å². The third kappa shape index (κ3) is 5.26. The van der Waals surface area contributed by atoms with Gasteiger partial charge in [-0.15, -0.1) is 0 Å². The van der Waals surface area contributed by atoms with Gasteiger partial charge in [-0.3, -0.25) is 0 Å². The predicted octanol–water partition coefficient (Wildman–Crippen LogP) is 14.1. The summed E-state index contributed by atoms with van der Waals surface area (Å²) in [5.74, 6) is 0. The molecule has 0 atom stereocenters. The lowest BCUT2D eigenvalue weighted by Gasteiger charge is -2.18. The second-order valence-corrected chi connectivity index (χ2v) is 16.6. The van der Waals surface area contributed by atoms with Gasteiger partial charge in [-0.05, 0) is 120 Å². The van der Waals surface area contributed by atoms with E-state index in [4.69, 9.17) is 0 Å². The molecule has 0 N–H and O–H groups in total. The van der Waals surface area contributed by atoms with E-state index >= 15 is 0 Å². The first-order valence-corrected chi connectivity index (χ1v) is 21.0. The van der Waals surface area contributed by atoms with E-state index in [1.807, 2.05) is 11.8 Å². The molecule has 1 nitrogen and oxygen atoms in total. The molecule has 58 heavy (non-hydrogen) atoms. The van der Waals surface area contributed by atoms with Crippen molar-refractivity contribution in [1.82, 2.24) is 4.57 Å². The maximum absolute atomic E-state index is 2.56. The minimum Gasteiger partial charge on any atom is -0.312 e. The maximum Gasteiger partial charge on any atom is 0.0538 e. The van der Waals surface area contributed by atoms with Crippen LogP contribution in [0.1, 0.15) is 12.8 Å². The summed E-state index contributed by atoms with van der Waals surface area (Å²) in [6.07, 6.45) is 4.41. The van der Waals surface area contributed by atoms with E-state index in [0.717, 1.165) is 12.8 Å². The van der Waals surface area contributed by atoms with Gasteiger partial charge in [0.25, 0.3) is 0 Å². The predicted molar refractivity (Wildman–Crippen MR) is 249 cm³/mol. The van der Waals surface area contributed by atoms with E-state index in [9.17, 15) is 0 Å². The highest BCUT2D eigenvalue weighted by Gasteiger charge is 2.21. The fraction of sp³-hybridized carbons (Fsp3) is 0.0357. The van der Waals surface area contributed by atoms with Crippen molar-refractivity contribution in [2.24, 2.45) is 0 Å². The van der Waals surface area contributed by atoms with E-state index in [2.05, 4.69) is 205 Å². The summed E-state index contributed by atoms with van der Waals surface area (Å²) in [6, 6.07) is 72.2. The Hall–Kier alpha value is -6.87. The minimum absolute atomic E-state index is 0.995. The third-order valence-corrected chi connectivity index (χ3v) is 13.5. The largest absolute Gasteiger partial charge is 0.312 e. The van der Waals surface area contributed by atoms with E-state index in [-0.39, 0.29) is 0 Å². The average Bonchev–Trinajstić information content (AvgIpc) is 3.61. The molecule has 0 bridgehead atoms. The zero-order valence-electron chi connectivity index (χ0n) is 31.8. The smallest absolute Gasteiger partial charge is 0.0538 e. The van der Waals surface area contributed by atoms with Gasteiger partial charge >= 0.3 is 0 Å². The Morgan fingerprint density at radius 3 is 1.74 bits per heavy atom. The first kappa shape index (κ1) is 33.3. The molecular weight excluding hydrogens is 719 g/mol. The summed E-state index contributed by atoms with van der Waals surface area (Å²) in [5.41, 5.74) is 8.86. The van der Waals surface area contributed by atoms with Crippen LogP contribution in [-0.2, 0) is 0 Å². The van der Waals surface area contributed by atoms with Crippen LogP contribution in [0.5, 0.6) is 0 Å². The molecule has 12 rings (SSSR count). The number of nitrogens with zero attached hydrogens (tertiary/aromatic N) is 1. The third-order valence-electron chi connectivity index (χ3n) is 12.3. The van der Waals surface area contributed by atoms with Crippen molar-refractivity contribution in [3.63, 3.8) is 0 Å². The van der Waals surface area contributed by atoms with Gasteiger partial charge in [0.1, 0.15) is 0 Å². The van der Waals surface area contributed by atoms with Crippen LogP contribution in [-0.4, -0.2) is 4.57 Å². The molecule has 10 aromatic carbocycles. The lowest BCUT2D eigenvalue weighted by Crippen LogP contribution is -2.31. The SMILES string of the molecule is C1=c2ccccc2=C(n2c3ccc(-c4ccc5ccccc5c4)cc3c3cc(-c4c5ccccc5c(Sc5cccc6ccccc56)c5ccccc45)ccc32)CC1. The number of fused-ring (bicyclic) bond motifs is 8. The van der Waals surface area contributed by atoms with Gasteiger partial charge in [0.2, 0.25) is 0 Å². The summed E-state index contributed by atoms with van der Waals surface area (Å²) >= 11 is 1.89. The highest BCUT2D eigenvalue weighted by molar-refractivity contribution is 8.00. The monoisotopic (exact) mass is 755 g/mol. The molecule has 0 spiro atoms. The van der Waals surface area contributed by atoms with Gasteiger partial charge in [0.15, 0.2) is 0 Å². The van der Waals surface area contributed by atoms with Gasteiger partial charge in [-0.2, -0.15) is 0 Å². The summed E-state index contributed by atoms with van der Waals surface area (Å²) in [5, 5.41) is 15.4. The topological polar surface area (TPSA) is 4.93 Å². The Kier molecular flexibility index (Phi) is 7.67. The summed E-state index contributed by atoms with van der Waals surface area (Å²) in [6.45, 7) is 0. The van der Waals surface area contributed by atoms with E-state index in [1.165, 1.54) is 113 Å². The molecular formula is C56H37NS. The van der Waals surface area contributed by atoms with Gasteiger partial charge < -0.3 is 4.57 Å². The number of aromatic nitrogens is 1. The van der Waals surface area contributed by atoms with Gasteiger partial charge in [-0.25, -0.2) is 0 Å². The molecule has 0 radical (unpaired) electrons. The average molecular weight is 756 g/mol. The Morgan fingerprint density at radius 1 is 0.397 bits per heavy atom. The Labute approximate surface area is 340 Å². The molecule has 0 saturated heterocycles. The molecule has 0 unspecified atom stereocenters. The van der Waals surface area contributed by atoms with Crippen molar-refractivity contribution < 1.29 is 0 Å². The van der Waals surface area contributed by atoms with Crippen molar-refractivity contribution in [2.75, 3.05) is 0 Å². The maximum atomic E-state index is 2.56. The standard InChI is InChI=1S/C56H37NS/c1-2-16-39-33-40(28-27-36(39)13-1)41-29-31-52-49(34-41)50-35-42(30-32-53(50)57(52)51-25-11-17-37-14-3-5-19-43(37)51)55-45-21-7-9-23-47(45)56(48-24-10-8-22-46(48)55)58-54-26-12-18-38-15-4-6-20-44(38)54/h1-10,12-24,26-35H,11,25H2. The normalized spacial score (nSPS) is 12.9. The molecule has 0 aliphatic heterocycles. The quantitative estimate of drug-likeness (QED) is 0.158. The van der Waals surface area contributed by atoms with Gasteiger partial charge in [0.05, 0.1) is 11.0 Å². The molecule has 2 heteroatoms. The molecule has 0 amide bonds. The van der Waals surface area contributed by atoms with Crippen molar-refractivity contribution in [3.8, 4) is 22.3 Å². The number of rotatable bonds is 5. The van der Waals surface area contributed by atoms with E-state index in [0.29, 0.717) is 0 Å². The van der Waals surface area contributed by atoms with Crippen molar-refractivity contribution in [2.45, 2.75) is 22.6 Å². The highest BCUT2D eigenvalue weighted by atomic mass is 32.2. The van der Waals surface area contributed by atoms with Crippen LogP contribution in [0, 0.1) is 0 Å². The van der Waals surface area contributed by atoms with Crippen LogP contribution < -0.4 is 10.4 Å². The molecule has 272 valence electrons. The number of hydrogen-bond donors (Lipinski definition) is 0. The molecule has 0 saturated carbocycles. The second kappa shape index (κ2) is 13.4. The molecule has 0 fully saturated rings. The van der Waals surface area contributed by atoms with Crippen LogP contribution in [0.15, 0.2) is 204 Å². The first-order chi connectivity index (χ1) is 28.8. The zero-order chi connectivity index (χ0) is 38.2. The van der Waals surface area contributed by atoms with Gasteiger partial charge in [0, 0.05) is 31.5 Å². The first-order valence-electron chi connectivity index (χ1n) is 20.2. The van der Waals surface area contributed by atoms with Crippen LogP contribution in [0.3, 0.4) is 0 Å². The second-order valence-electron chi connectivity index (χ2n) is 15.5. The van der Waals surface area contributed by atoms with Crippen LogP contribution in [0.4, 0.5) is 0 Å². The van der Waals surface area contributed by atoms with E-state index in [1.54, 1.807) is 0 Å². The van der Waals surface area contributed by atoms with Crippen LogP contribution >= 0.6 is 11.8 Å². The molecule has 11 aromatic rings. The lowest BCUT2D eigenvalue weighted by atomic mass is 9.91. The van der Waals surface area contributed by atoms with Crippen molar-refractivity contribution in [3.05, 3.63) is 205 Å². The minimum atomic E-state index is 0.995. The van der Waals surface area contributed by atoms with Gasteiger partial charge in [-0.1, -0.05) is 176 Å². The molecule has 1 aliphatic rings. The summed E-state index contributed by atoms with van der Waals surface area (Å²) in [7, 11) is 0. The zero-order valence-corrected chi connectivity index (χ0v) is 32.6. The summed E-state index contributed by atoms with van der Waals surface area (Å²) < 4.78 is 2.56. The fourth-order valence-corrected chi connectivity index (χ4v) is 10.8. The van der Waals surface area contributed by atoms with Crippen molar-refractivity contribution in [1.29, 1.82) is 0 Å². The molecule has 1 aliphatic carbocycles. The Morgan fingerprint density at radius 2 is 0.966 bits per heavy atom. The molecule has 1 aromatic heterocycles.